The van der Waals surface area contributed by atoms with Crippen molar-refractivity contribution in [1.29, 1.82) is 0 Å². The number of carbonyl (C=O) groups excluding carboxylic acids is 1. The molecule has 0 bridgehead atoms. The first-order chi connectivity index (χ1) is 12.3. The number of nitrogens with one attached hydrogen (secondary N) is 2. The second-order valence-corrected chi connectivity index (χ2v) is 7.52. The van der Waals surface area contributed by atoms with Gasteiger partial charge in [0.2, 0.25) is 5.16 Å². The lowest BCUT2D eigenvalue weighted by Crippen LogP contribution is -2.34. The molecule has 0 aliphatic carbocycles. The molecule has 0 fully saturated rings. The fourth-order valence-electron chi connectivity index (χ4n) is 2.26. The number of rotatable bonds is 4. The minimum atomic E-state index is -0.537. The Morgan fingerprint density at radius 2 is 2.04 bits per heavy atom. The molecule has 1 amide bonds. The SMILES string of the molecule is CC(C)(C)OC(=O)NCCc1nnc2n1NC(c1ccc(F)cc1)=CS2. The number of nitrogens with zero attached hydrogens (tertiary/aromatic N) is 3. The Morgan fingerprint density at radius 3 is 2.73 bits per heavy atom. The van der Waals surface area contributed by atoms with Crippen LogP contribution in [0.4, 0.5) is 9.18 Å². The van der Waals surface area contributed by atoms with Gasteiger partial charge in [-0.3, -0.25) is 5.43 Å². The summed E-state index contributed by atoms with van der Waals surface area (Å²) in [4.78, 5) is 11.7. The van der Waals surface area contributed by atoms with Crippen molar-refractivity contribution in [2.75, 3.05) is 12.0 Å². The van der Waals surface area contributed by atoms with E-state index in [4.69, 9.17) is 4.74 Å². The summed E-state index contributed by atoms with van der Waals surface area (Å²) in [5, 5.41) is 13.6. The molecule has 0 unspecified atom stereocenters. The van der Waals surface area contributed by atoms with Crippen molar-refractivity contribution < 1.29 is 13.9 Å². The summed E-state index contributed by atoms with van der Waals surface area (Å²) < 4.78 is 20.1. The number of benzene rings is 1. The highest BCUT2D eigenvalue weighted by Crippen LogP contribution is 2.28. The molecule has 2 N–H and O–H groups in total. The van der Waals surface area contributed by atoms with E-state index >= 15 is 0 Å². The predicted molar refractivity (Wildman–Crippen MR) is 97.6 cm³/mol. The first kappa shape index (κ1) is 18.2. The van der Waals surface area contributed by atoms with Gasteiger partial charge in [-0.25, -0.2) is 13.9 Å². The van der Waals surface area contributed by atoms with Crippen LogP contribution in [0.2, 0.25) is 0 Å². The van der Waals surface area contributed by atoms with E-state index in [9.17, 15) is 9.18 Å². The van der Waals surface area contributed by atoms with Crippen molar-refractivity contribution in [3.05, 3.63) is 46.9 Å². The molecule has 138 valence electrons. The van der Waals surface area contributed by atoms with Gasteiger partial charge in [0.05, 0.1) is 5.70 Å². The summed E-state index contributed by atoms with van der Waals surface area (Å²) in [6, 6.07) is 6.23. The highest BCUT2D eigenvalue weighted by molar-refractivity contribution is 8.02. The van der Waals surface area contributed by atoms with Crippen molar-refractivity contribution in [3.63, 3.8) is 0 Å². The molecule has 0 saturated carbocycles. The maximum Gasteiger partial charge on any atom is 0.407 e. The minimum absolute atomic E-state index is 0.281. The van der Waals surface area contributed by atoms with Crippen LogP contribution in [-0.4, -0.2) is 33.1 Å². The lowest BCUT2D eigenvalue weighted by Gasteiger charge is -2.20. The Hall–Kier alpha value is -2.55. The van der Waals surface area contributed by atoms with E-state index in [2.05, 4.69) is 20.9 Å². The summed E-state index contributed by atoms with van der Waals surface area (Å²) in [6.07, 6.45) is 0.0152. The zero-order valence-electron chi connectivity index (χ0n) is 14.7. The van der Waals surface area contributed by atoms with Gasteiger partial charge in [0.1, 0.15) is 11.4 Å². The van der Waals surface area contributed by atoms with Gasteiger partial charge in [-0.15, -0.1) is 10.2 Å². The number of amides is 1. The number of aromatic nitrogens is 3. The van der Waals surface area contributed by atoms with Crippen LogP contribution in [0, 0.1) is 5.82 Å². The van der Waals surface area contributed by atoms with Crippen LogP contribution < -0.4 is 10.7 Å². The van der Waals surface area contributed by atoms with E-state index < -0.39 is 11.7 Å². The molecule has 0 saturated heterocycles. The van der Waals surface area contributed by atoms with Crippen LogP contribution in [-0.2, 0) is 11.2 Å². The fraction of sp³-hybridized carbons (Fsp3) is 0.353. The summed E-state index contributed by atoms with van der Waals surface area (Å²) in [6.45, 7) is 5.80. The fourth-order valence-corrected chi connectivity index (χ4v) is 3.02. The summed E-state index contributed by atoms with van der Waals surface area (Å²) >= 11 is 1.42. The quantitative estimate of drug-likeness (QED) is 0.852. The maximum absolute atomic E-state index is 13.1. The second-order valence-electron chi connectivity index (χ2n) is 6.68. The van der Waals surface area contributed by atoms with Crippen LogP contribution in [0.25, 0.3) is 5.70 Å². The highest BCUT2D eigenvalue weighted by Gasteiger charge is 2.19. The van der Waals surface area contributed by atoms with Gasteiger partial charge in [0, 0.05) is 23.9 Å². The largest absolute Gasteiger partial charge is 0.444 e. The normalized spacial score (nSPS) is 13.5. The van der Waals surface area contributed by atoms with E-state index in [1.165, 1.54) is 23.9 Å². The third-order valence-corrected chi connectivity index (χ3v) is 4.22. The summed E-state index contributed by atoms with van der Waals surface area (Å²) in [5.41, 5.74) is 4.37. The van der Waals surface area contributed by atoms with Crippen molar-refractivity contribution in [2.45, 2.75) is 37.9 Å². The Bertz CT molecular complexity index is 827. The van der Waals surface area contributed by atoms with Gasteiger partial charge in [0.15, 0.2) is 5.82 Å². The van der Waals surface area contributed by atoms with E-state index in [0.29, 0.717) is 23.9 Å². The third-order valence-electron chi connectivity index (χ3n) is 3.39. The van der Waals surface area contributed by atoms with Gasteiger partial charge in [-0.05, 0) is 45.0 Å². The second kappa shape index (κ2) is 7.36. The molecule has 1 aromatic heterocycles. The molecule has 2 heterocycles. The van der Waals surface area contributed by atoms with Crippen LogP contribution in [0.3, 0.4) is 0 Å². The summed E-state index contributed by atoms with van der Waals surface area (Å²) in [5.74, 6) is 0.396. The molecular weight excluding hydrogens is 357 g/mol. The van der Waals surface area contributed by atoms with E-state index in [1.807, 2.05) is 26.2 Å². The Balaban J connectivity index is 1.61. The summed E-state index contributed by atoms with van der Waals surface area (Å²) in [7, 11) is 0. The number of alkyl carbamates (subject to hydrolysis) is 1. The number of thioether (sulfide) groups is 1. The molecule has 0 radical (unpaired) electrons. The van der Waals surface area contributed by atoms with E-state index in [0.717, 1.165) is 11.3 Å². The maximum atomic E-state index is 13.1. The van der Waals surface area contributed by atoms with Crippen LogP contribution in [0.15, 0.2) is 34.8 Å². The topological polar surface area (TPSA) is 81.1 Å². The highest BCUT2D eigenvalue weighted by atomic mass is 32.2. The minimum Gasteiger partial charge on any atom is -0.444 e. The van der Waals surface area contributed by atoms with Gasteiger partial charge in [-0.1, -0.05) is 11.8 Å². The third kappa shape index (κ3) is 4.54. The molecule has 1 aliphatic heterocycles. The molecule has 26 heavy (non-hydrogen) atoms. The zero-order chi connectivity index (χ0) is 18.7. The molecule has 1 aliphatic rings. The predicted octanol–water partition coefficient (Wildman–Crippen LogP) is 3.13. The van der Waals surface area contributed by atoms with Crippen molar-refractivity contribution in [1.82, 2.24) is 20.2 Å². The van der Waals surface area contributed by atoms with Crippen LogP contribution >= 0.6 is 11.8 Å². The van der Waals surface area contributed by atoms with Gasteiger partial charge < -0.3 is 10.1 Å². The average molecular weight is 377 g/mol. The van der Waals surface area contributed by atoms with E-state index in [-0.39, 0.29) is 5.82 Å². The number of hydrogen-bond donors (Lipinski definition) is 2. The van der Waals surface area contributed by atoms with Gasteiger partial charge >= 0.3 is 6.09 Å². The lowest BCUT2D eigenvalue weighted by atomic mass is 10.2. The smallest absolute Gasteiger partial charge is 0.407 e. The van der Waals surface area contributed by atoms with Crippen LogP contribution in [0.5, 0.6) is 0 Å². The van der Waals surface area contributed by atoms with Gasteiger partial charge in [0.25, 0.3) is 0 Å². The molecule has 3 rings (SSSR count). The molecular formula is C17H20FN5O2S. The number of hydrogen-bond acceptors (Lipinski definition) is 6. The molecule has 7 nitrogen and oxygen atoms in total. The molecule has 0 atom stereocenters. The average Bonchev–Trinajstić information content (AvgIpc) is 2.96. The monoisotopic (exact) mass is 377 g/mol. The number of halogens is 1. The molecule has 2 aromatic rings. The van der Waals surface area contributed by atoms with Gasteiger partial charge in [-0.2, -0.15) is 0 Å². The Kier molecular flexibility index (Phi) is 5.17. The Morgan fingerprint density at radius 1 is 1.31 bits per heavy atom. The van der Waals surface area contributed by atoms with E-state index in [1.54, 1.807) is 16.8 Å². The van der Waals surface area contributed by atoms with Crippen LogP contribution in [0.1, 0.15) is 32.2 Å². The van der Waals surface area contributed by atoms with Crippen molar-refractivity contribution in [3.8, 4) is 0 Å². The molecule has 1 aromatic carbocycles. The van der Waals surface area contributed by atoms with Crippen molar-refractivity contribution in [2.24, 2.45) is 0 Å². The molecule has 0 spiro atoms. The first-order valence-electron chi connectivity index (χ1n) is 8.13. The zero-order valence-corrected chi connectivity index (χ0v) is 15.6. The first-order valence-corrected chi connectivity index (χ1v) is 9.01. The standard InChI is InChI=1S/C17H20FN5O2S/c1-17(2,3)25-16(24)19-9-8-14-20-21-15-23(14)22-13(10-26-15)11-4-6-12(18)7-5-11/h4-7,10,22H,8-9H2,1-3H3,(H,19,24). The number of ether oxygens (including phenoxy) is 1. The Labute approximate surface area is 155 Å². The number of carbonyl (C=O) groups is 1. The van der Waals surface area contributed by atoms with Crippen molar-refractivity contribution >= 4 is 23.6 Å². The number of fused-ring (bicyclic) bond motifs is 1. The molecule has 9 heteroatoms. The lowest BCUT2D eigenvalue weighted by molar-refractivity contribution is 0.0528.